The lowest BCUT2D eigenvalue weighted by Crippen LogP contribution is -2.17. The number of hydrogen-bond donors (Lipinski definition) is 0. The molecule has 2 aromatic carbocycles. The fraction of sp³-hybridized carbons (Fsp3) is 0.143. The van der Waals surface area contributed by atoms with Gasteiger partial charge < -0.3 is 8.92 Å². The molecule has 0 spiro atoms. The van der Waals surface area contributed by atoms with E-state index in [0.29, 0.717) is 5.56 Å². The smallest absolute Gasteiger partial charge is 0.406 e. The van der Waals surface area contributed by atoms with E-state index in [9.17, 15) is 21.6 Å². The highest BCUT2D eigenvalue weighted by molar-refractivity contribution is 7.87. The van der Waals surface area contributed by atoms with E-state index in [1.807, 2.05) is 0 Å². The molecule has 0 aliphatic heterocycles. The Morgan fingerprint density at radius 3 is 2.09 bits per heavy atom. The molecule has 4 nitrogen and oxygen atoms in total. The third-order valence-electron chi connectivity index (χ3n) is 2.64. The SMILES string of the molecule is Cc1ccccc1OS(=O)(=O)c1ccc(OC(F)(F)F)cc1. The first-order chi connectivity index (χ1) is 10.2. The Hall–Kier alpha value is -2.22. The molecule has 0 N–H and O–H groups in total. The topological polar surface area (TPSA) is 52.6 Å². The third kappa shape index (κ3) is 4.14. The fourth-order valence-electron chi connectivity index (χ4n) is 1.62. The van der Waals surface area contributed by atoms with Crippen molar-refractivity contribution in [2.75, 3.05) is 0 Å². The van der Waals surface area contributed by atoms with Gasteiger partial charge in [0.15, 0.2) is 0 Å². The molecule has 0 saturated carbocycles. The number of aryl methyl sites for hydroxylation is 1. The normalized spacial score (nSPS) is 12.0. The van der Waals surface area contributed by atoms with E-state index in [4.69, 9.17) is 4.18 Å². The van der Waals surface area contributed by atoms with Crippen LogP contribution in [-0.2, 0) is 10.1 Å². The maximum absolute atomic E-state index is 12.1. The molecule has 22 heavy (non-hydrogen) atoms. The molecule has 0 saturated heterocycles. The zero-order valence-corrected chi connectivity index (χ0v) is 12.1. The van der Waals surface area contributed by atoms with Crippen LogP contribution in [0.3, 0.4) is 0 Å². The number of benzene rings is 2. The maximum Gasteiger partial charge on any atom is 0.573 e. The summed E-state index contributed by atoms with van der Waals surface area (Å²) in [6.07, 6.45) is -4.84. The van der Waals surface area contributed by atoms with Crippen molar-refractivity contribution in [2.24, 2.45) is 0 Å². The molecule has 0 aliphatic carbocycles. The fourth-order valence-corrected chi connectivity index (χ4v) is 2.61. The van der Waals surface area contributed by atoms with Gasteiger partial charge in [-0.3, -0.25) is 0 Å². The summed E-state index contributed by atoms with van der Waals surface area (Å²) in [5.74, 6) is -0.361. The summed E-state index contributed by atoms with van der Waals surface area (Å²) in [6.45, 7) is 1.67. The lowest BCUT2D eigenvalue weighted by atomic mass is 10.2. The van der Waals surface area contributed by atoms with Crippen LogP contribution in [-0.4, -0.2) is 14.8 Å². The number of ether oxygens (including phenoxy) is 1. The zero-order valence-electron chi connectivity index (χ0n) is 11.3. The minimum absolute atomic E-state index is 0.151. The van der Waals surface area contributed by atoms with E-state index in [0.717, 1.165) is 24.3 Å². The summed E-state index contributed by atoms with van der Waals surface area (Å²) in [5.41, 5.74) is 0.614. The van der Waals surface area contributed by atoms with Gasteiger partial charge in [-0.2, -0.15) is 8.42 Å². The summed E-state index contributed by atoms with van der Waals surface area (Å²) >= 11 is 0. The second kappa shape index (κ2) is 5.88. The van der Waals surface area contributed by atoms with Crippen LogP contribution in [0.25, 0.3) is 0 Å². The molecule has 2 rings (SSSR count). The van der Waals surface area contributed by atoms with Crippen LogP contribution in [0, 0.1) is 6.92 Å². The van der Waals surface area contributed by atoms with Crippen molar-refractivity contribution < 1.29 is 30.5 Å². The summed E-state index contributed by atoms with van der Waals surface area (Å²) in [5, 5.41) is 0. The van der Waals surface area contributed by atoms with E-state index in [1.165, 1.54) is 6.07 Å². The molecule has 0 aromatic heterocycles. The average Bonchev–Trinajstić information content (AvgIpc) is 2.40. The van der Waals surface area contributed by atoms with Crippen molar-refractivity contribution in [1.29, 1.82) is 0 Å². The lowest BCUT2D eigenvalue weighted by molar-refractivity contribution is -0.274. The van der Waals surface area contributed by atoms with Crippen molar-refractivity contribution in [1.82, 2.24) is 0 Å². The molecule has 0 heterocycles. The van der Waals surface area contributed by atoms with Gasteiger partial charge in [0.25, 0.3) is 0 Å². The van der Waals surface area contributed by atoms with Gasteiger partial charge in [0.1, 0.15) is 16.4 Å². The monoisotopic (exact) mass is 332 g/mol. The molecule has 0 aliphatic rings. The van der Waals surface area contributed by atoms with Gasteiger partial charge in [-0.1, -0.05) is 18.2 Å². The molecule has 0 amide bonds. The molecule has 0 radical (unpaired) electrons. The average molecular weight is 332 g/mol. The highest BCUT2D eigenvalue weighted by Gasteiger charge is 2.31. The van der Waals surface area contributed by atoms with Gasteiger partial charge in [0.2, 0.25) is 0 Å². The highest BCUT2D eigenvalue weighted by Crippen LogP contribution is 2.26. The molecule has 2 aromatic rings. The first-order valence-electron chi connectivity index (χ1n) is 6.03. The third-order valence-corrected chi connectivity index (χ3v) is 3.89. The number of alkyl halides is 3. The first kappa shape index (κ1) is 16.2. The molecule has 0 bridgehead atoms. The van der Waals surface area contributed by atoms with Crippen LogP contribution in [0.15, 0.2) is 53.4 Å². The lowest BCUT2D eigenvalue weighted by Gasteiger charge is -2.11. The Morgan fingerprint density at radius 2 is 1.55 bits per heavy atom. The standard InChI is InChI=1S/C14H11F3O4S/c1-10-4-2-3-5-13(10)21-22(18,19)12-8-6-11(7-9-12)20-14(15,16)17/h2-9H,1H3. The molecule has 8 heteroatoms. The van der Waals surface area contributed by atoms with Gasteiger partial charge in [-0.05, 0) is 42.8 Å². The van der Waals surface area contributed by atoms with E-state index in [2.05, 4.69) is 4.74 Å². The Balaban J connectivity index is 2.22. The van der Waals surface area contributed by atoms with E-state index in [-0.39, 0.29) is 10.6 Å². The molecular formula is C14H11F3O4S. The Bertz CT molecular complexity index is 752. The van der Waals surface area contributed by atoms with Gasteiger partial charge >= 0.3 is 16.5 Å². The number of rotatable bonds is 4. The number of halogens is 3. The van der Waals surface area contributed by atoms with Gasteiger partial charge in [-0.15, -0.1) is 13.2 Å². The van der Waals surface area contributed by atoms with Gasteiger partial charge in [-0.25, -0.2) is 0 Å². The van der Waals surface area contributed by atoms with E-state index < -0.39 is 22.2 Å². The van der Waals surface area contributed by atoms with Crippen LogP contribution in [0.1, 0.15) is 5.56 Å². The van der Waals surface area contributed by atoms with Crippen molar-refractivity contribution in [3.05, 3.63) is 54.1 Å². The summed E-state index contributed by atoms with van der Waals surface area (Å²) in [6, 6.07) is 10.3. The minimum Gasteiger partial charge on any atom is -0.406 e. The minimum atomic E-state index is -4.84. The molecule has 118 valence electrons. The van der Waals surface area contributed by atoms with Crippen LogP contribution in [0.5, 0.6) is 11.5 Å². The largest absolute Gasteiger partial charge is 0.573 e. The highest BCUT2D eigenvalue weighted by atomic mass is 32.2. The molecule has 0 unspecified atom stereocenters. The number of hydrogen-bond acceptors (Lipinski definition) is 4. The first-order valence-corrected chi connectivity index (χ1v) is 7.44. The molecule has 0 fully saturated rings. The van der Waals surface area contributed by atoms with Crippen molar-refractivity contribution in [2.45, 2.75) is 18.2 Å². The van der Waals surface area contributed by atoms with Crippen molar-refractivity contribution >= 4 is 10.1 Å². The Labute approximate surface area is 125 Å². The summed E-state index contributed by atoms with van der Waals surface area (Å²) < 4.78 is 68.9. The van der Waals surface area contributed by atoms with Crippen LogP contribution in [0.2, 0.25) is 0 Å². The summed E-state index contributed by atoms with van der Waals surface area (Å²) in [7, 11) is -4.13. The zero-order chi connectivity index (χ0) is 16.4. The maximum atomic E-state index is 12.1. The van der Waals surface area contributed by atoms with E-state index in [1.54, 1.807) is 25.1 Å². The van der Waals surface area contributed by atoms with Crippen LogP contribution >= 0.6 is 0 Å². The second-order valence-corrected chi connectivity index (χ2v) is 5.87. The van der Waals surface area contributed by atoms with Crippen LogP contribution < -0.4 is 8.92 Å². The predicted molar refractivity (Wildman–Crippen MR) is 72.1 cm³/mol. The van der Waals surface area contributed by atoms with Gasteiger partial charge in [0.05, 0.1) is 0 Å². The van der Waals surface area contributed by atoms with Crippen molar-refractivity contribution in [3.8, 4) is 11.5 Å². The van der Waals surface area contributed by atoms with Gasteiger partial charge in [0, 0.05) is 0 Å². The van der Waals surface area contributed by atoms with Crippen molar-refractivity contribution in [3.63, 3.8) is 0 Å². The quantitative estimate of drug-likeness (QED) is 0.802. The second-order valence-electron chi connectivity index (χ2n) is 4.32. The van der Waals surface area contributed by atoms with Crippen LogP contribution in [0.4, 0.5) is 13.2 Å². The Morgan fingerprint density at radius 1 is 0.955 bits per heavy atom. The predicted octanol–water partition coefficient (Wildman–Crippen LogP) is 3.66. The Kier molecular flexibility index (Phi) is 4.32. The number of para-hydroxylation sites is 1. The molecule has 0 atom stereocenters. The summed E-state index contributed by atoms with van der Waals surface area (Å²) in [4.78, 5) is -0.273. The molecular weight excluding hydrogens is 321 g/mol. The van der Waals surface area contributed by atoms with E-state index >= 15 is 0 Å².